The second kappa shape index (κ2) is 7.92. The Labute approximate surface area is 132 Å². The molecule has 6 heteroatoms. The largest absolute Gasteiger partial charge is 0.480 e. The van der Waals surface area contributed by atoms with E-state index in [4.69, 9.17) is 9.84 Å². The van der Waals surface area contributed by atoms with Crippen LogP contribution in [0.25, 0.3) is 0 Å². The number of carbonyl (C=O) groups excluding carboxylic acids is 1. The van der Waals surface area contributed by atoms with Gasteiger partial charge in [0.05, 0.1) is 6.54 Å². The molecule has 1 atom stereocenters. The summed E-state index contributed by atoms with van der Waals surface area (Å²) in [6.45, 7) is 3.60. The summed E-state index contributed by atoms with van der Waals surface area (Å²) in [5.41, 5.74) is 0. The maximum Gasteiger partial charge on any atom is 0.317 e. The minimum Gasteiger partial charge on any atom is -0.480 e. The van der Waals surface area contributed by atoms with Gasteiger partial charge >= 0.3 is 5.97 Å². The molecule has 2 fully saturated rings. The van der Waals surface area contributed by atoms with Crippen LogP contribution < -0.4 is 5.32 Å². The quantitative estimate of drug-likeness (QED) is 0.631. The molecule has 1 unspecified atom stereocenters. The lowest BCUT2D eigenvalue weighted by molar-refractivity contribution is -0.140. The van der Waals surface area contributed by atoms with Crippen molar-refractivity contribution in [3.8, 4) is 0 Å². The van der Waals surface area contributed by atoms with E-state index in [0.717, 1.165) is 19.4 Å². The molecule has 126 valence electrons. The number of carboxylic acids is 1. The molecule has 0 spiro atoms. The Kier molecular flexibility index (Phi) is 6.20. The van der Waals surface area contributed by atoms with Gasteiger partial charge in [-0.3, -0.25) is 14.5 Å². The van der Waals surface area contributed by atoms with Crippen molar-refractivity contribution in [2.24, 2.45) is 11.8 Å². The SMILES string of the molecule is COCC(C)CC(=O)NC1CC(N(CC(=O)O)CC2CC2)C1. The fourth-order valence-corrected chi connectivity index (χ4v) is 3.10. The number of methoxy groups -OCH3 is 1. The Balaban J connectivity index is 1.68. The van der Waals surface area contributed by atoms with E-state index in [1.807, 2.05) is 6.92 Å². The van der Waals surface area contributed by atoms with Gasteiger partial charge in [-0.15, -0.1) is 0 Å². The molecule has 2 saturated carbocycles. The van der Waals surface area contributed by atoms with E-state index in [1.165, 1.54) is 12.8 Å². The molecule has 0 bridgehead atoms. The lowest BCUT2D eigenvalue weighted by atomic mass is 9.85. The molecule has 2 aliphatic carbocycles. The van der Waals surface area contributed by atoms with Crippen molar-refractivity contribution in [3.63, 3.8) is 0 Å². The van der Waals surface area contributed by atoms with Gasteiger partial charge in [-0.2, -0.15) is 0 Å². The van der Waals surface area contributed by atoms with E-state index in [2.05, 4.69) is 10.2 Å². The molecule has 1 amide bonds. The van der Waals surface area contributed by atoms with Gasteiger partial charge in [0.2, 0.25) is 5.91 Å². The Morgan fingerprint density at radius 3 is 2.59 bits per heavy atom. The molecule has 0 heterocycles. The molecular weight excluding hydrogens is 284 g/mol. The first kappa shape index (κ1) is 17.2. The third-order valence-corrected chi connectivity index (χ3v) is 4.51. The summed E-state index contributed by atoms with van der Waals surface area (Å²) in [6, 6.07) is 0.501. The number of hydrogen-bond acceptors (Lipinski definition) is 4. The van der Waals surface area contributed by atoms with Gasteiger partial charge in [-0.05, 0) is 37.5 Å². The number of carboxylic acid groups (broad SMARTS) is 1. The van der Waals surface area contributed by atoms with E-state index in [0.29, 0.717) is 25.0 Å². The van der Waals surface area contributed by atoms with Crippen LogP contribution in [0.15, 0.2) is 0 Å². The third kappa shape index (κ3) is 5.57. The number of ether oxygens (including phenoxy) is 1. The average molecular weight is 312 g/mol. The van der Waals surface area contributed by atoms with Crippen LogP contribution in [0.3, 0.4) is 0 Å². The zero-order chi connectivity index (χ0) is 16.1. The first-order valence-corrected chi connectivity index (χ1v) is 8.22. The molecule has 2 rings (SSSR count). The molecule has 22 heavy (non-hydrogen) atoms. The summed E-state index contributed by atoms with van der Waals surface area (Å²) in [5, 5.41) is 12.1. The second-order valence-electron chi connectivity index (χ2n) is 6.92. The van der Waals surface area contributed by atoms with Gasteiger partial charge in [-0.25, -0.2) is 0 Å². The minimum atomic E-state index is -0.762. The monoisotopic (exact) mass is 312 g/mol. The summed E-state index contributed by atoms with van der Waals surface area (Å²) in [6.07, 6.45) is 4.66. The summed E-state index contributed by atoms with van der Waals surface area (Å²) >= 11 is 0. The fourth-order valence-electron chi connectivity index (χ4n) is 3.10. The summed E-state index contributed by atoms with van der Waals surface area (Å²) < 4.78 is 5.04. The minimum absolute atomic E-state index is 0.0694. The molecule has 6 nitrogen and oxygen atoms in total. The maximum atomic E-state index is 11.9. The van der Waals surface area contributed by atoms with Gasteiger partial charge < -0.3 is 15.2 Å². The van der Waals surface area contributed by atoms with E-state index >= 15 is 0 Å². The van der Waals surface area contributed by atoms with Crippen LogP contribution in [0, 0.1) is 11.8 Å². The smallest absolute Gasteiger partial charge is 0.317 e. The Morgan fingerprint density at radius 2 is 2.05 bits per heavy atom. The number of rotatable bonds is 10. The van der Waals surface area contributed by atoms with Crippen LogP contribution in [0.4, 0.5) is 0 Å². The predicted molar refractivity (Wildman–Crippen MR) is 82.5 cm³/mol. The summed E-state index contributed by atoms with van der Waals surface area (Å²) in [5.74, 6) is 0.212. The van der Waals surface area contributed by atoms with Crippen LogP contribution in [0.2, 0.25) is 0 Å². The molecule has 0 aromatic heterocycles. The van der Waals surface area contributed by atoms with Gasteiger partial charge in [0.1, 0.15) is 0 Å². The standard InChI is InChI=1S/C16H28N2O4/c1-11(10-22-2)5-15(19)17-13-6-14(7-13)18(9-16(20)21)8-12-3-4-12/h11-14H,3-10H2,1-2H3,(H,17,19)(H,20,21). The number of carbonyl (C=O) groups is 2. The molecule has 2 aliphatic rings. The Hall–Kier alpha value is -1.14. The van der Waals surface area contributed by atoms with Crippen molar-refractivity contribution in [1.82, 2.24) is 10.2 Å². The van der Waals surface area contributed by atoms with Gasteiger partial charge in [0.25, 0.3) is 0 Å². The van der Waals surface area contributed by atoms with Crippen molar-refractivity contribution >= 4 is 11.9 Å². The van der Waals surface area contributed by atoms with Crippen LogP contribution in [0.5, 0.6) is 0 Å². The molecule has 0 aliphatic heterocycles. The Morgan fingerprint density at radius 1 is 1.36 bits per heavy atom. The summed E-state index contributed by atoms with van der Waals surface area (Å²) in [4.78, 5) is 25.0. The molecule has 0 radical (unpaired) electrons. The van der Waals surface area contributed by atoms with Crippen molar-refractivity contribution in [2.45, 2.75) is 51.1 Å². The molecule has 0 aromatic rings. The predicted octanol–water partition coefficient (Wildman–Crippen LogP) is 1.10. The highest BCUT2D eigenvalue weighted by molar-refractivity contribution is 5.76. The lowest BCUT2D eigenvalue weighted by Crippen LogP contribution is -2.55. The second-order valence-corrected chi connectivity index (χ2v) is 6.92. The van der Waals surface area contributed by atoms with E-state index in [1.54, 1.807) is 7.11 Å². The van der Waals surface area contributed by atoms with Crippen molar-refractivity contribution in [2.75, 3.05) is 26.8 Å². The topological polar surface area (TPSA) is 78.9 Å². The van der Waals surface area contributed by atoms with Crippen LogP contribution in [-0.2, 0) is 14.3 Å². The molecule has 0 saturated heterocycles. The van der Waals surface area contributed by atoms with E-state index in [-0.39, 0.29) is 24.4 Å². The van der Waals surface area contributed by atoms with E-state index in [9.17, 15) is 9.59 Å². The van der Waals surface area contributed by atoms with Crippen LogP contribution in [0.1, 0.15) is 39.0 Å². The van der Waals surface area contributed by atoms with Crippen LogP contribution in [-0.4, -0.2) is 60.8 Å². The third-order valence-electron chi connectivity index (χ3n) is 4.51. The average Bonchev–Trinajstić information content (AvgIpc) is 3.16. The van der Waals surface area contributed by atoms with Gasteiger partial charge in [0.15, 0.2) is 0 Å². The van der Waals surface area contributed by atoms with Gasteiger partial charge in [-0.1, -0.05) is 6.92 Å². The molecule has 2 N–H and O–H groups in total. The summed E-state index contributed by atoms with van der Waals surface area (Å²) in [7, 11) is 1.64. The van der Waals surface area contributed by atoms with Gasteiger partial charge in [0, 0.05) is 38.8 Å². The number of amides is 1. The highest BCUT2D eigenvalue weighted by Gasteiger charge is 2.37. The van der Waals surface area contributed by atoms with Crippen molar-refractivity contribution < 1.29 is 19.4 Å². The van der Waals surface area contributed by atoms with Crippen molar-refractivity contribution in [3.05, 3.63) is 0 Å². The highest BCUT2D eigenvalue weighted by atomic mass is 16.5. The first-order valence-electron chi connectivity index (χ1n) is 8.22. The van der Waals surface area contributed by atoms with Crippen molar-refractivity contribution in [1.29, 1.82) is 0 Å². The zero-order valence-electron chi connectivity index (χ0n) is 13.6. The highest BCUT2D eigenvalue weighted by Crippen LogP contribution is 2.33. The maximum absolute atomic E-state index is 11.9. The zero-order valence-corrected chi connectivity index (χ0v) is 13.6. The fraction of sp³-hybridized carbons (Fsp3) is 0.875. The van der Waals surface area contributed by atoms with Crippen LogP contribution >= 0.6 is 0 Å². The lowest BCUT2D eigenvalue weighted by Gasteiger charge is -2.42. The first-order chi connectivity index (χ1) is 10.5. The number of nitrogens with one attached hydrogen (secondary N) is 1. The normalized spacial score (nSPS) is 25.6. The van der Waals surface area contributed by atoms with E-state index < -0.39 is 5.97 Å². The molecular formula is C16H28N2O4. The number of nitrogens with zero attached hydrogens (tertiary/aromatic N) is 1. The number of hydrogen-bond donors (Lipinski definition) is 2. The number of aliphatic carboxylic acids is 1. The molecule has 0 aromatic carbocycles. The Bertz CT molecular complexity index is 392.